The lowest BCUT2D eigenvalue weighted by atomic mass is 10.0. The van der Waals surface area contributed by atoms with Gasteiger partial charge in [0.05, 0.1) is 10.6 Å². The number of carbonyl (C=O) groups is 2. The molecule has 3 rings (SSSR count). The number of anilines is 1. The first-order valence-corrected chi connectivity index (χ1v) is 9.19. The van der Waals surface area contributed by atoms with Crippen LogP contribution in [0.3, 0.4) is 0 Å². The van der Waals surface area contributed by atoms with Crippen LogP contribution in [0.4, 0.5) is 14.5 Å². The second-order valence-corrected chi connectivity index (χ2v) is 7.96. The number of amides is 2. The molecule has 1 atom stereocenters. The second-order valence-electron chi connectivity index (χ2n) is 6.58. The fourth-order valence-corrected chi connectivity index (χ4v) is 5.16. The third-order valence-electron chi connectivity index (χ3n) is 4.86. The zero-order chi connectivity index (χ0) is 18.2. The zero-order valence-corrected chi connectivity index (χ0v) is 15.0. The normalized spacial score (nSPS) is 23.0. The molecular weight excluding hydrogens is 348 g/mol. The van der Waals surface area contributed by atoms with Crippen LogP contribution in [0.5, 0.6) is 0 Å². The van der Waals surface area contributed by atoms with E-state index in [9.17, 15) is 18.4 Å². The Morgan fingerprint density at radius 3 is 2.60 bits per heavy atom. The molecule has 1 N–H and O–H groups in total. The van der Waals surface area contributed by atoms with Crippen LogP contribution >= 0.6 is 11.8 Å². The van der Waals surface area contributed by atoms with Crippen LogP contribution in [0.25, 0.3) is 0 Å². The van der Waals surface area contributed by atoms with E-state index < -0.39 is 23.6 Å². The van der Waals surface area contributed by atoms with Gasteiger partial charge >= 0.3 is 0 Å². The van der Waals surface area contributed by atoms with E-state index in [-0.39, 0.29) is 16.5 Å². The largest absolute Gasteiger partial charge is 0.322 e. The van der Waals surface area contributed by atoms with Crippen molar-refractivity contribution in [2.24, 2.45) is 0 Å². The molecule has 2 aliphatic heterocycles. The Bertz CT molecular complexity index is 692. The summed E-state index contributed by atoms with van der Waals surface area (Å²) < 4.78 is 27.1. The molecule has 1 aromatic rings. The Balaban J connectivity index is 1.80. The van der Waals surface area contributed by atoms with Gasteiger partial charge in [0.2, 0.25) is 11.8 Å². The van der Waals surface area contributed by atoms with Crippen molar-refractivity contribution in [2.75, 3.05) is 31.2 Å². The van der Waals surface area contributed by atoms with Gasteiger partial charge in [-0.3, -0.25) is 9.59 Å². The molecule has 1 spiro atoms. The molecule has 5 nitrogen and oxygen atoms in total. The quantitative estimate of drug-likeness (QED) is 0.869. The lowest BCUT2D eigenvalue weighted by molar-refractivity contribution is -0.140. The summed E-state index contributed by atoms with van der Waals surface area (Å²) in [4.78, 5) is 28.4. The Morgan fingerprint density at radius 2 is 1.96 bits per heavy atom. The molecule has 1 unspecified atom stereocenters. The van der Waals surface area contributed by atoms with Crippen molar-refractivity contribution in [3.05, 3.63) is 29.8 Å². The van der Waals surface area contributed by atoms with Crippen molar-refractivity contribution >= 4 is 29.3 Å². The molecule has 0 radical (unpaired) electrons. The second kappa shape index (κ2) is 6.92. The first-order chi connectivity index (χ1) is 11.8. The lowest BCUT2D eigenvalue weighted by Gasteiger charge is -2.44. The number of halogens is 2. The minimum atomic E-state index is -0.705. The van der Waals surface area contributed by atoms with Gasteiger partial charge in [-0.25, -0.2) is 8.78 Å². The fraction of sp³-hybridized carbons (Fsp3) is 0.529. The minimum Gasteiger partial charge on any atom is -0.322 e. The molecule has 25 heavy (non-hydrogen) atoms. The van der Waals surface area contributed by atoms with Gasteiger partial charge in [-0.15, -0.1) is 11.8 Å². The maximum Gasteiger partial charge on any atom is 0.248 e. The van der Waals surface area contributed by atoms with Crippen molar-refractivity contribution < 1.29 is 18.4 Å². The van der Waals surface area contributed by atoms with Gasteiger partial charge in [0.1, 0.15) is 17.7 Å². The Hall–Kier alpha value is -1.67. The van der Waals surface area contributed by atoms with E-state index in [2.05, 4.69) is 10.2 Å². The summed E-state index contributed by atoms with van der Waals surface area (Å²) in [6.07, 6.45) is 1.57. The molecular formula is C17H21F2N3O2S. The summed E-state index contributed by atoms with van der Waals surface area (Å²) >= 11 is 1.61. The molecule has 2 heterocycles. The van der Waals surface area contributed by atoms with E-state index in [0.717, 1.165) is 44.1 Å². The molecule has 0 aliphatic carbocycles. The maximum absolute atomic E-state index is 13.8. The number of hydrogen-bond acceptors (Lipinski definition) is 4. The average molecular weight is 369 g/mol. The van der Waals surface area contributed by atoms with Crippen molar-refractivity contribution in [3.63, 3.8) is 0 Å². The number of carbonyl (C=O) groups excluding carboxylic acids is 2. The number of piperidine rings is 1. The summed E-state index contributed by atoms with van der Waals surface area (Å²) in [6, 6.07) is 2.22. The highest BCUT2D eigenvalue weighted by Crippen LogP contribution is 2.46. The smallest absolute Gasteiger partial charge is 0.248 e. The number of nitrogens with one attached hydrogen (secondary N) is 1. The van der Waals surface area contributed by atoms with E-state index in [1.54, 1.807) is 16.7 Å². The van der Waals surface area contributed by atoms with Crippen LogP contribution in [-0.2, 0) is 9.59 Å². The maximum atomic E-state index is 13.8. The number of rotatable bonds is 2. The number of benzene rings is 1. The van der Waals surface area contributed by atoms with E-state index in [1.165, 1.54) is 6.92 Å². The lowest BCUT2D eigenvalue weighted by Crippen LogP contribution is -2.56. The molecule has 2 aliphatic rings. The van der Waals surface area contributed by atoms with E-state index in [0.29, 0.717) is 5.75 Å². The van der Waals surface area contributed by atoms with Crippen LogP contribution in [0.15, 0.2) is 18.2 Å². The molecule has 136 valence electrons. The molecule has 0 aromatic heterocycles. The molecule has 2 saturated heterocycles. The minimum absolute atomic E-state index is 0.172. The Kier molecular flexibility index (Phi) is 5.02. The third kappa shape index (κ3) is 3.50. The highest BCUT2D eigenvalue weighted by atomic mass is 32.2. The van der Waals surface area contributed by atoms with Gasteiger partial charge in [-0.05, 0) is 32.0 Å². The summed E-state index contributed by atoms with van der Waals surface area (Å²) in [5.41, 5.74) is -0.206. The average Bonchev–Trinajstić information content (AvgIpc) is 2.93. The summed E-state index contributed by atoms with van der Waals surface area (Å²) in [6.45, 7) is 3.16. The van der Waals surface area contributed by atoms with Gasteiger partial charge in [-0.1, -0.05) is 0 Å². The van der Waals surface area contributed by atoms with Crippen LogP contribution in [0, 0.1) is 11.6 Å². The first kappa shape index (κ1) is 18.1. The molecule has 0 saturated carbocycles. The van der Waals surface area contributed by atoms with Crippen molar-refractivity contribution in [3.8, 4) is 0 Å². The van der Waals surface area contributed by atoms with Gasteiger partial charge in [0.25, 0.3) is 0 Å². The fourth-order valence-electron chi connectivity index (χ4n) is 3.52. The highest BCUT2D eigenvalue weighted by molar-refractivity contribution is 8.01. The van der Waals surface area contributed by atoms with Crippen molar-refractivity contribution in [2.45, 2.75) is 30.7 Å². The predicted octanol–water partition coefficient (Wildman–Crippen LogP) is 2.29. The SMILES string of the molecule is CC(=O)N1C(C(=O)Nc2cc(F)ccc2F)CSC12CCN(C)CC2. The molecule has 1 aromatic carbocycles. The standard InChI is InChI=1S/C17H21F2N3O2S/c1-11(23)22-15(10-25-17(22)5-7-21(2)8-6-17)16(24)20-14-9-12(18)3-4-13(14)19/h3-4,9,15H,5-8,10H2,1-2H3,(H,20,24). The number of thioether (sulfide) groups is 1. The number of likely N-dealkylation sites (tertiary alicyclic amines) is 1. The number of nitrogens with zero attached hydrogens (tertiary/aromatic N) is 2. The van der Waals surface area contributed by atoms with Crippen molar-refractivity contribution in [1.82, 2.24) is 9.80 Å². The van der Waals surface area contributed by atoms with Gasteiger partial charge < -0.3 is 15.1 Å². The van der Waals surface area contributed by atoms with Crippen molar-refractivity contribution in [1.29, 1.82) is 0 Å². The first-order valence-electron chi connectivity index (χ1n) is 8.21. The van der Waals surface area contributed by atoms with E-state index in [4.69, 9.17) is 0 Å². The third-order valence-corrected chi connectivity index (χ3v) is 6.48. The Morgan fingerprint density at radius 1 is 1.28 bits per heavy atom. The van der Waals surface area contributed by atoms with Gasteiger partial charge in [-0.2, -0.15) is 0 Å². The Labute approximate surface area is 149 Å². The highest BCUT2D eigenvalue weighted by Gasteiger charge is 2.51. The predicted molar refractivity (Wildman–Crippen MR) is 93.2 cm³/mol. The molecule has 2 fully saturated rings. The van der Waals surface area contributed by atoms with Crippen LogP contribution < -0.4 is 5.32 Å². The van der Waals surface area contributed by atoms with E-state index in [1.807, 2.05) is 7.05 Å². The monoisotopic (exact) mass is 369 g/mol. The molecule has 2 amide bonds. The van der Waals surface area contributed by atoms with Gasteiger partial charge in [0, 0.05) is 31.8 Å². The van der Waals surface area contributed by atoms with Crippen LogP contribution in [0.2, 0.25) is 0 Å². The zero-order valence-electron chi connectivity index (χ0n) is 14.2. The summed E-state index contributed by atoms with van der Waals surface area (Å²) in [5, 5.41) is 2.44. The topological polar surface area (TPSA) is 52.7 Å². The summed E-state index contributed by atoms with van der Waals surface area (Å²) in [7, 11) is 2.03. The van der Waals surface area contributed by atoms with E-state index >= 15 is 0 Å². The molecule has 0 bridgehead atoms. The van der Waals surface area contributed by atoms with Crippen LogP contribution in [-0.4, -0.2) is 58.4 Å². The summed E-state index contributed by atoms with van der Waals surface area (Å²) in [5.74, 6) is -1.54. The number of hydrogen-bond donors (Lipinski definition) is 1. The van der Waals surface area contributed by atoms with Gasteiger partial charge in [0.15, 0.2) is 0 Å². The molecule has 8 heteroatoms. The van der Waals surface area contributed by atoms with Crippen LogP contribution in [0.1, 0.15) is 19.8 Å².